The van der Waals surface area contributed by atoms with E-state index in [0.29, 0.717) is 10.6 Å². The van der Waals surface area contributed by atoms with Gasteiger partial charge in [-0.3, -0.25) is 9.59 Å². The first-order valence-corrected chi connectivity index (χ1v) is 9.36. The summed E-state index contributed by atoms with van der Waals surface area (Å²) in [4.78, 5) is 31.5. The van der Waals surface area contributed by atoms with E-state index in [1.807, 2.05) is 44.2 Å². The van der Waals surface area contributed by atoms with Crippen molar-refractivity contribution in [1.29, 1.82) is 0 Å². The number of likely N-dealkylation sites (tertiary alicyclic amines) is 1. The number of nitrogens with zero attached hydrogens (tertiary/aromatic N) is 2. The van der Waals surface area contributed by atoms with E-state index in [-0.39, 0.29) is 24.4 Å². The van der Waals surface area contributed by atoms with E-state index >= 15 is 0 Å². The van der Waals surface area contributed by atoms with Gasteiger partial charge in [-0.25, -0.2) is 4.98 Å². The van der Waals surface area contributed by atoms with Gasteiger partial charge in [0.15, 0.2) is 0 Å². The van der Waals surface area contributed by atoms with E-state index in [0.717, 1.165) is 29.8 Å². The normalized spacial score (nSPS) is 20.5. The number of hydrogen-bond acceptors (Lipinski definition) is 4. The van der Waals surface area contributed by atoms with Crippen LogP contribution in [0.25, 0.3) is 11.3 Å². The van der Waals surface area contributed by atoms with Gasteiger partial charge in [0.25, 0.3) is 5.91 Å². The molecule has 1 aliphatic heterocycles. The minimum atomic E-state index is -0.860. The van der Waals surface area contributed by atoms with Gasteiger partial charge in [-0.1, -0.05) is 30.3 Å². The predicted octanol–water partition coefficient (Wildman–Crippen LogP) is 3.98. The minimum absolute atomic E-state index is 0.00542. The zero-order valence-electron chi connectivity index (χ0n) is 14.4. The molecule has 1 aromatic carbocycles. The van der Waals surface area contributed by atoms with E-state index in [9.17, 15) is 14.7 Å². The number of carboxylic acids is 1. The summed E-state index contributed by atoms with van der Waals surface area (Å²) in [5.41, 5.74) is 1.61. The molecule has 1 N–H and O–H groups in total. The SMILES string of the molecule is Cc1nc(-c2ccccc2)c(C(=O)N2C(C)CCCC2CC(=O)O)s1. The summed E-state index contributed by atoms with van der Waals surface area (Å²) < 4.78 is 0. The summed E-state index contributed by atoms with van der Waals surface area (Å²) in [5, 5.41) is 10.0. The Morgan fingerprint density at radius 3 is 2.68 bits per heavy atom. The van der Waals surface area contributed by atoms with Crippen LogP contribution in [0.3, 0.4) is 0 Å². The summed E-state index contributed by atoms with van der Waals surface area (Å²) in [7, 11) is 0. The average Bonchev–Trinajstić information content (AvgIpc) is 2.97. The Hall–Kier alpha value is -2.21. The third kappa shape index (κ3) is 3.74. The number of piperidine rings is 1. The van der Waals surface area contributed by atoms with Crippen molar-refractivity contribution >= 4 is 23.2 Å². The molecule has 0 aliphatic carbocycles. The molecular formula is C19H22N2O3S. The number of rotatable bonds is 4. The molecule has 25 heavy (non-hydrogen) atoms. The average molecular weight is 358 g/mol. The lowest BCUT2D eigenvalue weighted by molar-refractivity contribution is -0.138. The van der Waals surface area contributed by atoms with Gasteiger partial charge < -0.3 is 10.0 Å². The predicted molar refractivity (Wildman–Crippen MR) is 97.8 cm³/mol. The monoisotopic (exact) mass is 358 g/mol. The second-order valence-electron chi connectivity index (χ2n) is 6.52. The molecule has 0 radical (unpaired) electrons. The topological polar surface area (TPSA) is 70.5 Å². The molecule has 1 fully saturated rings. The molecule has 1 saturated heterocycles. The highest BCUT2D eigenvalue weighted by Gasteiger charge is 2.35. The number of carbonyl (C=O) groups is 2. The Morgan fingerprint density at radius 1 is 1.28 bits per heavy atom. The second-order valence-corrected chi connectivity index (χ2v) is 7.72. The van der Waals surface area contributed by atoms with Gasteiger partial charge in [0.2, 0.25) is 0 Å². The summed E-state index contributed by atoms with van der Waals surface area (Å²) in [6, 6.07) is 9.46. The van der Waals surface area contributed by atoms with Crippen molar-refractivity contribution < 1.29 is 14.7 Å². The smallest absolute Gasteiger partial charge is 0.305 e. The maximum Gasteiger partial charge on any atom is 0.305 e. The van der Waals surface area contributed by atoms with Gasteiger partial charge in [-0.05, 0) is 33.1 Å². The fourth-order valence-electron chi connectivity index (χ4n) is 3.54. The Kier molecular flexibility index (Phi) is 5.18. The van der Waals surface area contributed by atoms with Gasteiger partial charge in [-0.15, -0.1) is 11.3 Å². The highest BCUT2D eigenvalue weighted by Crippen LogP contribution is 2.33. The summed E-state index contributed by atoms with van der Waals surface area (Å²) in [6.07, 6.45) is 2.59. The molecule has 0 saturated carbocycles. The van der Waals surface area contributed by atoms with Crippen molar-refractivity contribution in [3.63, 3.8) is 0 Å². The largest absolute Gasteiger partial charge is 0.481 e. The molecule has 0 bridgehead atoms. The molecule has 1 aliphatic rings. The quantitative estimate of drug-likeness (QED) is 0.897. The van der Waals surface area contributed by atoms with Gasteiger partial charge >= 0.3 is 5.97 Å². The van der Waals surface area contributed by atoms with Gasteiger partial charge in [0.1, 0.15) is 4.88 Å². The molecule has 1 aromatic heterocycles. The number of aromatic nitrogens is 1. The molecule has 2 atom stereocenters. The van der Waals surface area contributed by atoms with E-state index in [2.05, 4.69) is 4.98 Å². The fourth-order valence-corrected chi connectivity index (χ4v) is 4.42. The van der Waals surface area contributed by atoms with Crippen LogP contribution in [-0.4, -0.2) is 39.0 Å². The molecule has 5 nitrogen and oxygen atoms in total. The maximum atomic E-state index is 13.3. The number of carbonyl (C=O) groups excluding carboxylic acids is 1. The van der Waals surface area contributed by atoms with Crippen molar-refractivity contribution in [2.24, 2.45) is 0 Å². The first kappa shape index (κ1) is 17.6. The van der Waals surface area contributed by atoms with Crippen molar-refractivity contribution in [1.82, 2.24) is 9.88 Å². The number of carboxylic acid groups (broad SMARTS) is 1. The van der Waals surface area contributed by atoms with Crippen LogP contribution < -0.4 is 0 Å². The Morgan fingerprint density at radius 2 is 2.00 bits per heavy atom. The zero-order chi connectivity index (χ0) is 18.0. The second kappa shape index (κ2) is 7.35. The van der Waals surface area contributed by atoms with Crippen LogP contribution in [0.2, 0.25) is 0 Å². The minimum Gasteiger partial charge on any atom is -0.481 e. The molecule has 3 rings (SSSR count). The molecular weight excluding hydrogens is 336 g/mol. The van der Waals surface area contributed by atoms with Gasteiger partial charge in [0.05, 0.1) is 17.1 Å². The number of aryl methyl sites for hydroxylation is 1. The highest BCUT2D eigenvalue weighted by molar-refractivity contribution is 7.14. The number of benzene rings is 1. The third-order valence-electron chi connectivity index (χ3n) is 4.65. The summed E-state index contributed by atoms with van der Waals surface area (Å²) in [5.74, 6) is -0.955. The lowest BCUT2D eigenvalue weighted by Crippen LogP contribution is -2.49. The van der Waals surface area contributed by atoms with E-state index in [4.69, 9.17) is 0 Å². The number of aliphatic carboxylic acids is 1. The standard InChI is InChI=1S/C19H22N2O3S/c1-12-7-6-10-15(11-16(22)23)21(12)19(24)18-17(20-13(2)25-18)14-8-4-3-5-9-14/h3-5,8-9,12,15H,6-7,10-11H2,1-2H3,(H,22,23). The first-order chi connectivity index (χ1) is 12.0. The van der Waals surface area contributed by atoms with Gasteiger partial charge in [-0.2, -0.15) is 0 Å². The fraction of sp³-hybridized carbons (Fsp3) is 0.421. The number of thiazole rings is 1. The first-order valence-electron chi connectivity index (χ1n) is 8.54. The van der Waals surface area contributed by atoms with Crippen LogP contribution in [0.5, 0.6) is 0 Å². The van der Waals surface area contributed by atoms with E-state index in [1.54, 1.807) is 4.90 Å². The van der Waals surface area contributed by atoms with Crippen LogP contribution in [-0.2, 0) is 4.79 Å². The highest BCUT2D eigenvalue weighted by atomic mass is 32.1. The van der Waals surface area contributed by atoms with Crippen LogP contribution >= 0.6 is 11.3 Å². The lowest BCUT2D eigenvalue weighted by Gasteiger charge is -2.40. The van der Waals surface area contributed by atoms with Crippen molar-refractivity contribution in [3.8, 4) is 11.3 Å². The maximum absolute atomic E-state index is 13.3. The lowest BCUT2D eigenvalue weighted by atomic mass is 9.94. The Labute approximate surface area is 151 Å². The van der Waals surface area contributed by atoms with Crippen molar-refractivity contribution in [3.05, 3.63) is 40.2 Å². The van der Waals surface area contributed by atoms with Gasteiger partial charge in [0, 0.05) is 17.6 Å². The van der Waals surface area contributed by atoms with Crippen molar-refractivity contribution in [2.45, 2.75) is 51.6 Å². The van der Waals surface area contributed by atoms with Crippen LogP contribution in [0, 0.1) is 6.92 Å². The Balaban J connectivity index is 1.98. The molecule has 0 spiro atoms. The summed E-state index contributed by atoms with van der Waals surface area (Å²) >= 11 is 1.38. The molecule has 1 amide bonds. The van der Waals surface area contributed by atoms with Crippen LogP contribution in [0.1, 0.15) is 47.3 Å². The number of amides is 1. The molecule has 6 heteroatoms. The molecule has 132 valence electrons. The van der Waals surface area contributed by atoms with E-state index < -0.39 is 5.97 Å². The third-order valence-corrected chi connectivity index (χ3v) is 5.61. The molecule has 2 aromatic rings. The molecule has 2 unspecified atom stereocenters. The van der Waals surface area contributed by atoms with Crippen molar-refractivity contribution in [2.75, 3.05) is 0 Å². The van der Waals surface area contributed by atoms with Crippen LogP contribution in [0.15, 0.2) is 30.3 Å². The summed E-state index contributed by atoms with van der Waals surface area (Å²) in [6.45, 7) is 3.89. The van der Waals surface area contributed by atoms with Crippen LogP contribution in [0.4, 0.5) is 0 Å². The molecule has 2 heterocycles. The Bertz CT molecular complexity index is 772. The number of hydrogen-bond donors (Lipinski definition) is 1. The zero-order valence-corrected chi connectivity index (χ0v) is 15.3. The van der Waals surface area contributed by atoms with E-state index in [1.165, 1.54) is 11.3 Å².